The summed E-state index contributed by atoms with van der Waals surface area (Å²) in [6.07, 6.45) is 0.900. The summed E-state index contributed by atoms with van der Waals surface area (Å²) in [5.41, 5.74) is 8.16. The highest BCUT2D eigenvalue weighted by Gasteiger charge is 2.22. The Labute approximate surface area is 119 Å². The average Bonchev–Trinajstić information content (AvgIpc) is 2.54. The molecule has 1 saturated heterocycles. The minimum absolute atomic E-state index is 0.0834. The van der Waals surface area contributed by atoms with Gasteiger partial charge in [0.15, 0.2) is 0 Å². The molecule has 1 amide bonds. The zero-order chi connectivity index (χ0) is 14.9. The molecule has 0 spiro atoms. The van der Waals surface area contributed by atoms with Gasteiger partial charge < -0.3 is 15.5 Å². The molecule has 2 N–H and O–H groups in total. The minimum Gasteiger partial charge on any atom is -0.362 e. The molecular formula is C15H22FN3O. The normalized spacial score (nSPS) is 18.1. The average molecular weight is 279 g/mol. The second-order valence-electron chi connectivity index (χ2n) is 5.54. The van der Waals surface area contributed by atoms with Crippen LogP contribution in [-0.2, 0) is 4.79 Å². The molecule has 4 nitrogen and oxygen atoms in total. The van der Waals surface area contributed by atoms with E-state index in [0.29, 0.717) is 12.1 Å². The molecular weight excluding hydrogens is 257 g/mol. The van der Waals surface area contributed by atoms with Gasteiger partial charge in [-0.25, -0.2) is 4.39 Å². The summed E-state index contributed by atoms with van der Waals surface area (Å²) < 4.78 is 13.8. The first-order chi connectivity index (χ1) is 9.40. The van der Waals surface area contributed by atoms with Crippen molar-refractivity contribution in [3.63, 3.8) is 0 Å². The van der Waals surface area contributed by atoms with Crippen molar-refractivity contribution < 1.29 is 9.18 Å². The largest absolute Gasteiger partial charge is 0.362 e. The van der Waals surface area contributed by atoms with Crippen LogP contribution in [0.1, 0.15) is 30.5 Å². The van der Waals surface area contributed by atoms with Crippen LogP contribution in [0.2, 0.25) is 0 Å². The van der Waals surface area contributed by atoms with Gasteiger partial charge in [0, 0.05) is 31.9 Å². The third-order valence-electron chi connectivity index (χ3n) is 3.81. The molecule has 2 rings (SSSR count). The van der Waals surface area contributed by atoms with Crippen molar-refractivity contribution >= 4 is 11.6 Å². The number of rotatable bonds is 2. The summed E-state index contributed by atoms with van der Waals surface area (Å²) in [6, 6.07) is 3.03. The second kappa shape index (κ2) is 5.79. The number of hydrogen-bond donors (Lipinski definition) is 1. The van der Waals surface area contributed by atoms with Gasteiger partial charge in [-0.05, 0) is 43.5 Å². The molecule has 1 heterocycles. The van der Waals surface area contributed by atoms with Gasteiger partial charge in [-0.15, -0.1) is 0 Å². The standard InChI is InChI=1S/C15H22FN3O/c1-10-7-14(12(11(2)17)8-13(10)16)19-6-4-5-18(3)15(20)9-19/h7-8,11H,4-6,9,17H2,1-3H3/t11-/m0/s1. The Hall–Kier alpha value is -1.62. The minimum atomic E-state index is -0.267. The lowest BCUT2D eigenvalue weighted by molar-refractivity contribution is -0.127. The summed E-state index contributed by atoms with van der Waals surface area (Å²) in [6.45, 7) is 5.42. The summed E-state index contributed by atoms with van der Waals surface area (Å²) in [5.74, 6) is -0.167. The van der Waals surface area contributed by atoms with Crippen LogP contribution in [0.15, 0.2) is 12.1 Å². The van der Waals surface area contributed by atoms with Crippen LogP contribution in [0.4, 0.5) is 10.1 Å². The molecule has 0 saturated carbocycles. The first-order valence-electron chi connectivity index (χ1n) is 6.94. The number of hydrogen-bond acceptors (Lipinski definition) is 3. The molecule has 20 heavy (non-hydrogen) atoms. The van der Waals surface area contributed by atoms with Crippen LogP contribution in [0.25, 0.3) is 0 Å². The third kappa shape index (κ3) is 2.93. The van der Waals surface area contributed by atoms with E-state index < -0.39 is 0 Å². The van der Waals surface area contributed by atoms with E-state index in [1.165, 1.54) is 6.07 Å². The molecule has 0 aliphatic carbocycles. The summed E-state index contributed by atoms with van der Waals surface area (Å²) in [5, 5.41) is 0. The maximum atomic E-state index is 13.8. The van der Waals surface area contributed by atoms with E-state index in [1.54, 1.807) is 17.9 Å². The van der Waals surface area contributed by atoms with Gasteiger partial charge in [-0.2, -0.15) is 0 Å². The molecule has 5 heteroatoms. The van der Waals surface area contributed by atoms with Gasteiger partial charge in [-0.3, -0.25) is 4.79 Å². The zero-order valence-corrected chi connectivity index (χ0v) is 12.3. The van der Waals surface area contributed by atoms with E-state index in [9.17, 15) is 9.18 Å². The van der Waals surface area contributed by atoms with Crippen molar-refractivity contribution in [1.82, 2.24) is 4.90 Å². The SMILES string of the molecule is Cc1cc(N2CCCN(C)C(=O)C2)c([C@H](C)N)cc1F. The van der Waals surface area contributed by atoms with Gasteiger partial charge >= 0.3 is 0 Å². The number of likely N-dealkylation sites (N-methyl/N-ethyl adjacent to an activating group) is 1. The highest BCUT2D eigenvalue weighted by Crippen LogP contribution is 2.29. The maximum Gasteiger partial charge on any atom is 0.241 e. The van der Waals surface area contributed by atoms with E-state index in [2.05, 4.69) is 0 Å². The molecule has 0 radical (unpaired) electrons. The van der Waals surface area contributed by atoms with Gasteiger partial charge in [0.25, 0.3) is 0 Å². The quantitative estimate of drug-likeness (QED) is 0.898. The second-order valence-corrected chi connectivity index (χ2v) is 5.54. The Morgan fingerprint density at radius 2 is 2.05 bits per heavy atom. The van der Waals surface area contributed by atoms with Gasteiger partial charge in [0.05, 0.1) is 6.54 Å². The molecule has 1 aromatic carbocycles. The summed E-state index contributed by atoms with van der Waals surface area (Å²) in [7, 11) is 1.81. The van der Waals surface area contributed by atoms with Gasteiger partial charge in [0.2, 0.25) is 5.91 Å². The Morgan fingerprint density at radius 1 is 1.35 bits per heavy atom. The van der Waals surface area contributed by atoms with Crippen LogP contribution >= 0.6 is 0 Å². The Morgan fingerprint density at radius 3 is 2.70 bits per heavy atom. The highest BCUT2D eigenvalue weighted by molar-refractivity contribution is 5.82. The number of benzene rings is 1. The molecule has 0 aromatic heterocycles. The number of aryl methyl sites for hydroxylation is 1. The van der Waals surface area contributed by atoms with E-state index in [-0.39, 0.29) is 17.8 Å². The topological polar surface area (TPSA) is 49.6 Å². The highest BCUT2D eigenvalue weighted by atomic mass is 19.1. The lowest BCUT2D eigenvalue weighted by Gasteiger charge is -2.26. The molecule has 1 aliphatic rings. The van der Waals surface area contributed by atoms with E-state index in [1.807, 2.05) is 18.9 Å². The molecule has 110 valence electrons. The molecule has 0 bridgehead atoms. The van der Waals surface area contributed by atoms with Gasteiger partial charge in [0.1, 0.15) is 5.82 Å². The molecule has 1 aliphatic heterocycles. The van der Waals surface area contributed by atoms with Gasteiger partial charge in [-0.1, -0.05) is 0 Å². The number of nitrogens with zero attached hydrogens (tertiary/aromatic N) is 2. The number of carbonyl (C=O) groups excluding carboxylic acids is 1. The van der Waals surface area contributed by atoms with Crippen LogP contribution in [0, 0.1) is 12.7 Å². The van der Waals surface area contributed by atoms with Crippen molar-refractivity contribution in [3.8, 4) is 0 Å². The molecule has 1 fully saturated rings. The fourth-order valence-electron chi connectivity index (χ4n) is 2.51. The summed E-state index contributed by atoms with van der Waals surface area (Å²) >= 11 is 0. The molecule has 1 atom stereocenters. The predicted octanol–water partition coefficient (Wildman–Crippen LogP) is 1.82. The third-order valence-corrected chi connectivity index (χ3v) is 3.81. The van der Waals surface area contributed by atoms with Crippen molar-refractivity contribution in [3.05, 3.63) is 29.1 Å². The monoisotopic (exact) mass is 279 g/mol. The number of nitrogens with two attached hydrogens (primary N) is 1. The zero-order valence-electron chi connectivity index (χ0n) is 12.3. The summed E-state index contributed by atoms with van der Waals surface area (Å²) in [4.78, 5) is 15.8. The van der Waals surface area contributed by atoms with Crippen LogP contribution in [-0.4, -0.2) is 37.5 Å². The van der Waals surface area contributed by atoms with Crippen LogP contribution < -0.4 is 10.6 Å². The fraction of sp³-hybridized carbons (Fsp3) is 0.533. The van der Waals surface area contributed by atoms with Crippen LogP contribution in [0.5, 0.6) is 0 Å². The Bertz CT molecular complexity index is 516. The first-order valence-corrected chi connectivity index (χ1v) is 6.94. The number of amides is 1. The number of anilines is 1. The van der Waals surface area contributed by atoms with Crippen molar-refractivity contribution in [2.24, 2.45) is 5.73 Å². The van der Waals surface area contributed by atoms with Crippen molar-refractivity contribution in [2.75, 3.05) is 31.6 Å². The lowest BCUT2D eigenvalue weighted by Crippen LogP contribution is -2.35. The van der Waals surface area contributed by atoms with E-state index >= 15 is 0 Å². The lowest BCUT2D eigenvalue weighted by atomic mass is 10.0. The van der Waals surface area contributed by atoms with E-state index in [0.717, 1.165) is 30.8 Å². The number of carbonyl (C=O) groups is 1. The van der Waals surface area contributed by atoms with E-state index in [4.69, 9.17) is 5.73 Å². The van der Waals surface area contributed by atoms with Crippen molar-refractivity contribution in [1.29, 1.82) is 0 Å². The smallest absolute Gasteiger partial charge is 0.241 e. The Balaban J connectivity index is 2.40. The molecule has 0 unspecified atom stereocenters. The first kappa shape index (κ1) is 14.8. The number of halogens is 1. The van der Waals surface area contributed by atoms with Crippen molar-refractivity contribution in [2.45, 2.75) is 26.3 Å². The fourth-order valence-corrected chi connectivity index (χ4v) is 2.51. The molecule has 1 aromatic rings. The maximum absolute atomic E-state index is 13.8. The Kier molecular flexibility index (Phi) is 4.28. The predicted molar refractivity (Wildman–Crippen MR) is 78.2 cm³/mol. The van der Waals surface area contributed by atoms with Crippen LogP contribution in [0.3, 0.4) is 0 Å².